The molecule has 1 rings (SSSR count). The Morgan fingerprint density at radius 3 is 0.417 bits per heavy atom. The van der Waals surface area contributed by atoms with Crippen LogP contribution in [0.1, 0.15) is 81.1 Å². The Kier molecular flexibility index (Phi) is 130. The molecule has 0 aromatic carbocycles. The summed E-state index contributed by atoms with van der Waals surface area (Å²) in [6.07, 6.45) is 6.00. The third-order valence-corrected chi connectivity index (χ3v) is 1.000. The lowest BCUT2D eigenvalue weighted by Gasteiger charge is -2.05. The van der Waals surface area contributed by atoms with Gasteiger partial charge >= 0.3 is 0 Å². The summed E-state index contributed by atoms with van der Waals surface area (Å²) >= 11 is 0. The molecule has 0 saturated heterocycles. The SMILES string of the molecule is C1CCC1.CC.CC.CC.CC. The third-order valence-electron chi connectivity index (χ3n) is 1.000. The van der Waals surface area contributed by atoms with E-state index in [9.17, 15) is 0 Å². The van der Waals surface area contributed by atoms with Crippen molar-refractivity contribution in [1.29, 1.82) is 0 Å². The monoisotopic (exact) mass is 176 g/mol. The van der Waals surface area contributed by atoms with Gasteiger partial charge in [-0.25, -0.2) is 0 Å². The maximum absolute atomic E-state index is 2.00. The van der Waals surface area contributed by atoms with Crippen molar-refractivity contribution in [3.05, 3.63) is 0 Å². The van der Waals surface area contributed by atoms with Crippen LogP contribution in [0.5, 0.6) is 0 Å². The van der Waals surface area contributed by atoms with Crippen LogP contribution in [0.15, 0.2) is 0 Å². The van der Waals surface area contributed by atoms with Gasteiger partial charge in [-0.15, -0.1) is 0 Å². The predicted molar refractivity (Wildman–Crippen MR) is 63.9 cm³/mol. The van der Waals surface area contributed by atoms with E-state index >= 15 is 0 Å². The Hall–Kier alpha value is 0. The van der Waals surface area contributed by atoms with Crippen LogP contribution in [0.25, 0.3) is 0 Å². The lowest BCUT2D eigenvalue weighted by molar-refractivity contribution is 0.504. The molecule has 1 aliphatic rings. The van der Waals surface area contributed by atoms with Crippen LogP contribution >= 0.6 is 0 Å². The van der Waals surface area contributed by atoms with Crippen LogP contribution in [0.4, 0.5) is 0 Å². The summed E-state index contributed by atoms with van der Waals surface area (Å²) in [5, 5.41) is 0. The fraction of sp³-hybridized carbons (Fsp3) is 1.00. The van der Waals surface area contributed by atoms with Crippen molar-refractivity contribution in [3.8, 4) is 0 Å². The first-order valence-electron chi connectivity index (χ1n) is 6.00. The van der Waals surface area contributed by atoms with E-state index in [4.69, 9.17) is 0 Å². The molecular weight excluding hydrogens is 144 g/mol. The summed E-state index contributed by atoms with van der Waals surface area (Å²) in [6, 6.07) is 0. The Morgan fingerprint density at radius 2 is 0.417 bits per heavy atom. The van der Waals surface area contributed by atoms with Gasteiger partial charge in [0.1, 0.15) is 0 Å². The number of rotatable bonds is 0. The van der Waals surface area contributed by atoms with Crippen molar-refractivity contribution in [3.63, 3.8) is 0 Å². The van der Waals surface area contributed by atoms with E-state index in [2.05, 4.69) is 0 Å². The average Bonchev–Trinajstić information content (AvgIpc) is 2.14. The second-order valence-corrected chi connectivity index (χ2v) is 1.41. The molecule has 0 spiro atoms. The molecule has 12 heavy (non-hydrogen) atoms. The molecule has 1 fully saturated rings. The normalized spacial score (nSPS) is 10.0. The van der Waals surface area contributed by atoms with Gasteiger partial charge in [0.25, 0.3) is 0 Å². The zero-order valence-corrected chi connectivity index (χ0v) is 10.8. The van der Waals surface area contributed by atoms with E-state index in [1.807, 2.05) is 55.4 Å². The van der Waals surface area contributed by atoms with Gasteiger partial charge in [-0.05, 0) is 0 Å². The maximum Gasteiger partial charge on any atom is -0.0533 e. The molecular formula is C12H32. The van der Waals surface area contributed by atoms with Crippen molar-refractivity contribution < 1.29 is 0 Å². The summed E-state index contributed by atoms with van der Waals surface area (Å²) in [5.41, 5.74) is 0. The van der Waals surface area contributed by atoms with Gasteiger partial charge in [0.15, 0.2) is 0 Å². The second-order valence-electron chi connectivity index (χ2n) is 1.41. The summed E-state index contributed by atoms with van der Waals surface area (Å²) in [6.45, 7) is 16.0. The molecule has 0 aromatic rings. The molecule has 0 atom stereocenters. The minimum atomic E-state index is 1.50. The highest BCUT2D eigenvalue weighted by atomic mass is 14.0. The van der Waals surface area contributed by atoms with E-state index in [1.54, 1.807) is 0 Å². The highest BCUT2D eigenvalue weighted by molar-refractivity contribution is 4.50. The number of hydrogen-bond acceptors (Lipinski definition) is 0. The summed E-state index contributed by atoms with van der Waals surface area (Å²) in [7, 11) is 0. The predicted octanol–water partition coefficient (Wildman–Crippen LogP) is 5.67. The van der Waals surface area contributed by atoms with Crippen molar-refractivity contribution in [2.24, 2.45) is 0 Å². The van der Waals surface area contributed by atoms with Gasteiger partial charge in [0.2, 0.25) is 0 Å². The molecule has 80 valence electrons. The van der Waals surface area contributed by atoms with Gasteiger partial charge in [-0.1, -0.05) is 81.1 Å². The van der Waals surface area contributed by atoms with E-state index in [1.165, 1.54) is 25.7 Å². The molecule has 0 unspecified atom stereocenters. The van der Waals surface area contributed by atoms with Crippen molar-refractivity contribution in [2.75, 3.05) is 0 Å². The first-order valence-corrected chi connectivity index (χ1v) is 6.00. The molecule has 0 heteroatoms. The Balaban J connectivity index is -0.0000000360. The lowest BCUT2D eigenvalue weighted by Crippen LogP contribution is -1.85. The van der Waals surface area contributed by atoms with Crippen LogP contribution in [0.2, 0.25) is 0 Å². The highest BCUT2D eigenvalue weighted by Gasteiger charge is 1.95. The molecule has 0 aromatic heterocycles. The molecule has 0 heterocycles. The first-order chi connectivity index (χ1) is 6.00. The molecule has 0 amide bonds. The van der Waals surface area contributed by atoms with Gasteiger partial charge in [0.05, 0.1) is 0 Å². The number of hydrogen-bond donors (Lipinski definition) is 0. The van der Waals surface area contributed by atoms with Crippen LogP contribution in [-0.4, -0.2) is 0 Å². The third kappa shape index (κ3) is 50.6. The fourth-order valence-electron chi connectivity index (χ4n) is 0.250. The topological polar surface area (TPSA) is 0 Å². The van der Waals surface area contributed by atoms with Crippen LogP contribution in [0.3, 0.4) is 0 Å². The quantitative estimate of drug-likeness (QED) is 0.446. The van der Waals surface area contributed by atoms with Crippen LogP contribution < -0.4 is 0 Å². The van der Waals surface area contributed by atoms with Gasteiger partial charge in [0, 0.05) is 0 Å². The zero-order valence-electron chi connectivity index (χ0n) is 10.8. The zero-order chi connectivity index (χ0) is 10.8. The molecule has 0 bridgehead atoms. The Labute approximate surface area is 81.8 Å². The highest BCUT2D eigenvalue weighted by Crippen LogP contribution is 2.15. The van der Waals surface area contributed by atoms with Crippen LogP contribution in [-0.2, 0) is 0 Å². The van der Waals surface area contributed by atoms with E-state index in [-0.39, 0.29) is 0 Å². The second kappa shape index (κ2) is 68.8. The van der Waals surface area contributed by atoms with Crippen molar-refractivity contribution >= 4 is 0 Å². The van der Waals surface area contributed by atoms with Crippen LogP contribution in [0, 0.1) is 0 Å². The molecule has 0 radical (unpaired) electrons. The fourth-order valence-corrected chi connectivity index (χ4v) is 0.250. The molecule has 1 aliphatic carbocycles. The van der Waals surface area contributed by atoms with Gasteiger partial charge < -0.3 is 0 Å². The van der Waals surface area contributed by atoms with E-state index in [0.29, 0.717) is 0 Å². The largest absolute Gasteiger partial charge is 0.0683 e. The maximum atomic E-state index is 2.00. The summed E-state index contributed by atoms with van der Waals surface area (Å²) in [4.78, 5) is 0. The van der Waals surface area contributed by atoms with Gasteiger partial charge in [-0.2, -0.15) is 0 Å². The minimum Gasteiger partial charge on any atom is -0.0683 e. The molecule has 1 saturated carbocycles. The standard InChI is InChI=1S/C4H8.4C2H6/c1-2-4-3-1;4*1-2/h1-4H2;4*1-2H3. The van der Waals surface area contributed by atoms with Crippen molar-refractivity contribution in [1.82, 2.24) is 0 Å². The first kappa shape index (κ1) is 22.7. The molecule has 0 aliphatic heterocycles. The van der Waals surface area contributed by atoms with Crippen molar-refractivity contribution in [2.45, 2.75) is 81.1 Å². The lowest BCUT2D eigenvalue weighted by atomic mass is 10.0. The Morgan fingerprint density at radius 1 is 0.333 bits per heavy atom. The average molecular weight is 176 g/mol. The summed E-state index contributed by atoms with van der Waals surface area (Å²) < 4.78 is 0. The van der Waals surface area contributed by atoms with Gasteiger partial charge in [-0.3, -0.25) is 0 Å². The van der Waals surface area contributed by atoms with E-state index < -0.39 is 0 Å². The Bertz CT molecular complexity index is 8.00. The smallest absolute Gasteiger partial charge is 0.0533 e. The summed E-state index contributed by atoms with van der Waals surface area (Å²) in [5.74, 6) is 0. The molecule has 0 nitrogen and oxygen atoms in total. The minimum absolute atomic E-state index is 1.50. The molecule has 0 N–H and O–H groups in total. The van der Waals surface area contributed by atoms with E-state index in [0.717, 1.165) is 0 Å².